The van der Waals surface area contributed by atoms with E-state index >= 15 is 0 Å². The molecule has 0 aromatic heterocycles. The van der Waals surface area contributed by atoms with Crippen LogP contribution in [0, 0.1) is 5.21 Å². The number of nitrogens with zero attached hydrogens (tertiary/aromatic N) is 1. The van der Waals surface area contributed by atoms with Crippen LogP contribution in [-0.4, -0.2) is 80.2 Å². The van der Waals surface area contributed by atoms with Crippen molar-refractivity contribution >= 4 is 5.97 Å². The zero-order valence-corrected chi connectivity index (χ0v) is 13.6. The summed E-state index contributed by atoms with van der Waals surface area (Å²) in [5, 5.41) is 52.4. The van der Waals surface area contributed by atoms with Gasteiger partial charge in [-0.1, -0.05) is 0 Å². The third kappa shape index (κ3) is 2.90. The van der Waals surface area contributed by atoms with E-state index in [4.69, 9.17) is 4.74 Å². The highest BCUT2D eigenvalue weighted by Gasteiger charge is 2.55. The largest absolute Gasteiger partial charge is 0.632 e. The fourth-order valence-corrected chi connectivity index (χ4v) is 3.44. The van der Waals surface area contributed by atoms with Crippen LogP contribution in [0.2, 0.25) is 0 Å². The van der Waals surface area contributed by atoms with Crippen LogP contribution in [-0.2, 0) is 9.53 Å². The Morgan fingerprint density at radius 3 is 2.65 bits per heavy atom. The van der Waals surface area contributed by atoms with Gasteiger partial charge in [-0.05, 0) is 26.8 Å². The number of hydrogen-bond donors (Lipinski definition) is 4. The quantitative estimate of drug-likeness (QED) is 0.215. The molecule has 0 aromatic carbocycles. The molecule has 2 rings (SSSR count). The van der Waals surface area contributed by atoms with Crippen molar-refractivity contribution in [3.63, 3.8) is 0 Å². The van der Waals surface area contributed by atoms with Gasteiger partial charge in [0, 0.05) is 12.0 Å². The number of hydroxylamine groups is 3. The topological polar surface area (TPSA) is 130 Å². The van der Waals surface area contributed by atoms with Crippen molar-refractivity contribution < 1.29 is 34.6 Å². The maximum Gasteiger partial charge on any atom is 0.344 e. The van der Waals surface area contributed by atoms with Gasteiger partial charge in [-0.2, -0.15) is 0 Å². The monoisotopic (exact) mass is 331 g/mol. The lowest BCUT2D eigenvalue weighted by molar-refractivity contribution is -0.877. The highest BCUT2D eigenvalue weighted by atomic mass is 16.6. The summed E-state index contributed by atoms with van der Waals surface area (Å²) in [7, 11) is 0. The molecule has 2 heterocycles. The predicted octanol–water partition coefficient (Wildman–Crippen LogP) is -1.20. The highest BCUT2D eigenvalue weighted by Crippen LogP contribution is 2.36. The van der Waals surface area contributed by atoms with Crippen LogP contribution in [0.1, 0.15) is 27.2 Å². The third-order valence-corrected chi connectivity index (χ3v) is 4.94. The van der Waals surface area contributed by atoms with Crippen molar-refractivity contribution in [1.82, 2.24) is 0 Å². The van der Waals surface area contributed by atoms with Crippen molar-refractivity contribution in [1.29, 1.82) is 0 Å². The van der Waals surface area contributed by atoms with E-state index in [0.717, 1.165) is 0 Å². The molecule has 0 bridgehead atoms. The lowest BCUT2D eigenvalue weighted by Crippen LogP contribution is -2.63. The molecule has 0 spiro atoms. The molecule has 0 amide bonds. The minimum Gasteiger partial charge on any atom is -0.632 e. The molecule has 5 unspecified atom stereocenters. The van der Waals surface area contributed by atoms with Crippen LogP contribution in [0.25, 0.3) is 0 Å². The minimum absolute atomic E-state index is 0.209. The number of esters is 1. The van der Waals surface area contributed by atoms with E-state index < -0.39 is 40.1 Å². The normalized spacial score (nSPS) is 34.5. The molecule has 2 aliphatic rings. The summed E-state index contributed by atoms with van der Waals surface area (Å²) in [6.45, 7) is 3.80. The van der Waals surface area contributed by atoms with E-state index in [-0.39, 0.29) is 13.2 Å². The van der Waals surface area contributed by atoms with Crippen molar-refractivity contribution in [2.24, 2.45) is 0 Å². The van der Waals surface area contributed by atoms with Crippen molar-refractivity contribution in [3.8, 4) is 0 Å². The zero-order valence-electron chi connectivity index (χ0n) is 13.6. The molecular weight excluding hydrogens is 306 g/mol. The highest BCUT2D eigenvalue weighted by molar-refractivity contribution is 5.81. The summed E-state index contributed by atoms with van der Waals surface area (Å²) in [4.78, 5) is 12.2. The molecule has 1 saturated heterocycles. The van der Waals surface area contributed by atoms with E-state index in [1.807, 2.05) is 0 Å². The van der Waals surface area contributed by atoms with Gasteiger partial charge in [0.2, 0.25) is 5.60 Å². The first-order valence-corrected chi connectivity index (χ1v) is 7.68. The summed E-state index contributed by atoms with van der Waals surface area (Å²) < 4.78 is 4.49. The van der Waals surface area contributed by atoms with Gasteiger partial charge >= 0.3 is 5.97 Å². The van der Waals surface area contributed by atoms with E-state index in [2.05, 4.69) is 0 Å². The molecule has 2 aliphatic heterocycles. The molecule has 0 radical (unpaired) electrons. The maximum absolute atomic E-state index is 12.4. The first-order chi connectivity index (χ1) is 10.4. The van der Waals surface area contributed by atoms with Crippen molar-refractivity contribution in [2.75, 3.05) is 19.7 Å². The Balaban J connectivity index is 2.08. The van der Waals surface area contributed by atoms with E-state index in [9.17, 15) is 30.4 Å². The number of carbonyl (C=O) groups is 1. The fourth-order valence-electron chi connectivity index (χ4n) is 3.44. The molecule has 132 valence electrons. The Morgan fingerprint density at radius 2 is 2.13 bits per heavy atom. The summed E-state index contributed by atoms with van der Waals surface area (Å²) in [6, 6.07) is -0.662. The van der Waals surface area contributed by atoms with Gasteiger partial charge in [0.15, 0.2) is 0 Å². The Bertz CT molecular complexity index is 512. The molecule has 0 aliphatic carbocycles. The van der Waals surface area contributed by atoms with Crippen molar-refractivity contribution in [2.45, 2.75) is 56.6 Å². The minimum atomic E-state index is -2.50. The number of ether oxygens (including phenoxy) is 1. The van der Waals surface area contributed by atoms with E-state index in [1.165, 1.54) is 20.8 Å². The second kappa shape index (κ2) is 5.80. The lowest BCUT2D eigenvalue weighted by Gasteiger charge is -2.41. The molecule has 8 heteroatoms. The van der Waals surface area contributed by atoms with Gasteiger partial charge in [0.1, 0.15) is 24.4 Å². The average molecular weight is 331 g/mol. The summed E-state index contributed by atoms with van der Waals surface area (Å²) >= 11 is 0. The lowest BCUT2D eigenvalue weighted by atomic mass is 9.81. The SMILES string of the molecule is CC(O)C(O)(C(=O)OCC1=CC[N+]2([O-])CCC(O)C12)C(C)(C)O. The van der Waals surface area contributed by atoms with Gasteiger partial charge in [0.05, 0.1) is 19.2 Å². The number of fused-ring (bicyclic) bond motifs is 1. The van der Waals surface area contributed by atoms with Crippen LogP contribution in [0.5, 0.6) is 0 Å². The van der Waals surface area contributed by atoms with E-state index in [1.54, 1.807) is 6.08 Å². The average Bonchev–Trinajstić information content (AvgIpc) is 2.91. The Hall–Kier alpha value is -1.03. The van der Waals surface area contributed by atoms with Crippen LogP contribution in [0.15, 0.2) is 11.6 Å². The molecule has 1 fully saturated rings. The predicted molar refractivity (Wildman–Crippen MR) is 79.7 cm³/mol. The van der Waals surface area contributed by atoms with Gasteiger partial charge < -0.3 is 35.0 Å². The van der Waals surface area contributed by atoms with Crippen LogP contribution >= 0.6 is 0 Å². The smallest absolute Gasteiger partial charge is 0.344 e. The first kappa shape index (κ1) is 18.3. The van der Waals surface area contributed by atoms with Gasteiger partial charge in [0.25, 0.3) is 0 Å². The van der Waals surface area contributed by atoms with Crippen LogP contribution in [0.3, 0.4) is 0 Å². The second-order valence-corrected chi connectivity index (χ2v) is 7.02. The summed E-state index contributed by atoms with van der Waals surface area (Å²) in [6.07, 6.45) is -0.316. The van der Waals surface area contributed by atoms with Crippen molar-refractivity contribution in [3.05, 3.63) is 16.9 Å². The maximum atomic E-state index is 12.4. The Labute approximate surface area is 134 Å². The van der Waals surface area contributed by atoms with Gasteiger partial charge in [-0.3, -0.25) is 0 Å². The number of aliphatic hydroxyl groups excluding tert-OH is 2. The van der Waals surface area contributed by atoms with Gasteiger partial charge in [-0.25, -0.2) is 4.79 Å². The zero-order chi connectivity index (χ0) is 17.6. The standard InChI is InChI=1S/C15H25NO7/c1-9(17)15(21,14(2,3)20)13(19)23-8-10-4-6-16(22)7-5-11(18)12(10)16/h4,9,11-12,17-18,20-21H,5-8H2,1-3H3. The number of hydrogen-bond acceptors (Lipinski definition) is 7. The molecule has 4 N–H and O–H groups in total. The number of aliphatic hydroxyl groups is 4. The third-order valence-electron chi connectivity index (χ3n) is 4.94. The van der Waals surface area contributed by atoms with Gasteiger partial charge in [-0.15, -0.1) is 0 Å². The summed E-state index contributed by atoms with van der Waals surface area (Å²) in [5.41, 5.74) is -3.92. The second-order valence-electron chi connectivity index (χ2n) is 7.02. The molecule has 8 nitrogen and oxygen atoms in total. The molecule has 23 heavy (non-hydrogen) atoms. The number of rotatable bonds is 5. The Morgan fingerprint density at radius 1 is 1.52 bits per heavy atom. The number of quaternary nitrogens is 1. The van der Waals surface area contributed by atoms with Crippen LogP contribution < -0.4 is 0 Å². The molecule has 0 saturated carbocycles. The molecule has 0 aromatic rings. The number of carbonyl (C=O) groups excluding carboxylic acids is 1. The van der Waals surface area contributed by atoms with Crippen LogP contribution in [0.4, 0.5) is 0 Å². The summed E-state index contributed by atoms with van der Waals surface area (Å²) in [5.74, 6) is -1.18. The molecular formula is C15H25NO7. The molecule has 5 atom stereocenters. The first-order valence-electron chi connectivity index (χ1n) is 7.68. The fraction of sp³-hybridized carbons (Fsp3) is 0.800. The Kier molecular flexibility index (Phi) is 4.62. The van der Waals surface area contributed by atoms with E-state index in [0.29, 0.717) is 18.5 Å².